The van der Waals surface area contributed by atoms with Gasteiger partial charge in [0.05, 0.1) is 0 Å². The van der Waals surface area contributed by atoms with Crippen molar-refractivity contribution in [1.82, 2.24) is 25.4 Å². The average molecular weight is 442 g/mol. The molecule has 0 saturated heterocycles. The number of nitrogens with one attached hydrogen (secondary N) is 2. The third-order valence-corrected chi connectivity index (χ3v) is 4.54. The molecule has 0 saturated carbocycles. The first kappa shape index (κ1) is 23.1. The third-order valence-electron chi connectivity index (χ3n) is 4.54. The number of aromatic nitrogens is 4. The Hall–Kier alpha value is -3.57. The van der Waals surface area contributed by atoms with E-state index in [0.717, 1.165) is 22.4 Å². The van der Waals surface area contributed by atoms with E-state index in [-0.39, 0.29) is 19.0 Å². The SMILES string of the molecule is CNc1nc(C)cc(-c2nc(-c3cc(C)c(OCC(O)CNC(=O)CO)c(C)c3)no2)n1. The quantitative estimate of drug-likeness (QED) is 0.377. The highest BCUT2D eigenvalue weighted by Gasteiger charge is 2.17. The van der Waals surface area contributed by atoms with Crippen LogP contribution in [0.15, 0.2) is 22.7 Å². The number of hydrogen-bond acceptors (Lipinski definition) is 10. The summed E-state index contributed by atoms with van der Waals surface area (Å²) in [5.41, 5.74) is 3.70. The highest BCUT2D eigenvalue weighted by atomic mass is 16.5. The molecule has 1 unspecified atom stereocenters. The summed E-state index contributed by atoms with van der Waals surface area (Å²) in [5, 5.41) is 28.0. The second-order valence-corrected chi connectivity index (χ2v) is 7.26. The van der Waals surface area contributed by atoms with Gasteiger partial charge in [0, 0.05) is 24.8 Å². The summed E-state index contributed by atoms with van der Waals surface area (Å²) in [6.07, 6.45) is -0.914. The van der Waals surface area contributed by atoms with Crippen LogP contribution in [0.5, 0.6) is 5.75 Å². The van der Waals surface area contributed by atoms with Crippen LogP contribution in [0.3, 0.4) is 0 Å². The van der Waals surface area contributed by atoms with Gasteiger partial charge in [0.1, 0.15) is 30.8 Å². The Morgan fingerprint density at radius 3 is 2.53 bits per heavy atom. The van der Waals surface area contributed by atoms with Crippen LogP contribution in [0.25, 0.3) is 23.0 Å². The lowest BCUT2D eigenvalue weighted by Crippen LogP contribution is -2.36. The van der Waals surface area contributed by atoms with Crippen molar-refractivity contribution >= 4 is 11.9 Å². The van der Waals surface area contributed by atoms with Crippen LogP contribution in [0.1, 0.15) is 16.8 Å². The van der Waals surface area contributed by atoms with Gasteiger partial charge in [-0.15, -0.1) is 0 Å². The molecule has 3 aromatic rings. The van der Waals surface area contributed by atoms with Crippen LogP contribution < -0.4 is 15.4 Å². The van der Waals surface area contributed by atoms with E-state index in [4.69, 9.17) is 14.4 Å². The van der Waals surface area contributed by atoms with Crippen molar-refractivity contribution in [3.63, 3.8) is 0 Å². The number of rotatable bonds is 9. The fraction of sp³-hybridized carbons (Fsp3) is 0.381. The van der Waals surface area contributed by atoms with Gasteiger partial charge in [-0.25, -0.2) is 9.97 Å². The van der Waals surface area contributed by atoms with E-state index in [1.165, 1.54) is 0 Å². The van der Waals surface area contributed by atoms with Gasteiger partial charge < -0.3 is 30.1 Å². The van der Waals surface area contributed by atoms with Gasteiger partial charge in [-0.3, -0.25) is 4.79 Å². The van der Waals surface area contributed by atoms with E-state index in [1.807, 2.05) is 32.9 Å². The Balaban J connectivity index is 1.74. The average Bonchev–Trinajstić information content (AvgIpc) is 3.26. The molecule has 0 aliphatic rings. The van der Waals surface area contributed by atoms with Crippen molar-refractivity contribution in [2.45, 2.75) is 26.9 Å². The van der Waals surface area contributed by atoms with Gasteiger partial charge in [-0.1, -0.05) is 5.16 Å². The Bertz CT molecular complexity index is 1080. The molecule has 0 spiro atoms. The molecule has 0 aliphatic heterocycles. The van der Waals surface area contributed by atoms with E-state index in [9.17, 15) is 9.90 Å². The fourth-order valence-corrected chi connectivity index (χ4v) is 3.07. The number of nitrogens with zero attached hydrogens (tertiary/aromatic N) is 4. The van der Waals surface area contributed by atoms with E-state index in [1.54, 1.807) is 13.1 Å². The topological polar surface area (TPSA) is 156 Å². The number of benzene rings is 1. The number of aliphatic hydroxyl groups is 2. The third kappa shape index (κ3) is 5.56. The zero-order valence-electron chi connectivity index (χ0n) is 18.3. The summed E-state index contributed by atoms with van der Waals surface area (Å²) in [6, 6.07) is 5.49. The Labute approximate surface area is 184 Å². The maximum Gasteiger partial charge on any atom is 0.277 e. The molecule has 4 N–H and O–H groups in total. The molecular weight excluding hydrogens is 416 g/mol. The Morgan fingerprint density at radius 2 is 1.88 bits per heavy atom. The first-order chi connectivity index (χ1) is 15.3. The smallest absolute Gasteiger partial charge is 0.277 e. The number of amides is 1. The normalized spacial score (nSPS) is 11.8. The predicted molar refractivity (Wildman–Crippen MR) is 116 cm³/mol. The van der Waals surface area contributed by atoms with Crippen LogP contribution in [-0.2, 0) is 4.79 Å². The predicted octanol–water partition coefficient (Wildman–Crippen LogP) is 1.01. The standard InChI is InChI=1S/C21H26N6O5/c1-11-5-14(6-12(2)18(11)31-10-15(29)8-23-17(30)9-28)19-26-20(32-27-19)16-7-13(3)24-21(22-4)25-16/h5-7,15,28-29H,8-10H2,1-4H3,(H,23,30)(H,22,24,25). The highest BCUT2D eigenvalue weighted by molar-refractivity contribution is 5.76. The van der Waals surface area contributed by atoms with Gasteiger partial charge in [-0.05, 0) is 50.1 Å². The molecule has 1 amide bonds. The summed E-state index contributed by atoms with van der Waals surface area (Å²) in [5.74, 6) is 1.22. The number of carbonyl (C=O) groups excluding carboxylic acids is 1. The molecule has 11 heteroatoms. The zero-order chi connectivity index (χ0) is 23.3. The second kappa shape index (κ2) is 10.2. The van der Waals surface area contributed by atoms with E-state index in [0.29, 0.717) is 23.2 Å². The minimum atomic E-state index is -0.914. The molecule has 32 heavy (non-hydrogen) atoms. The largest absolute Gasteiger partial charge is 0.490 e. The van der Waals surface area contributed by atoms with Gasteiger partial charge >= 0.3 is 0 Å². The minimum absolute atomic E-state index is 0.0139. The summed E-state index contributed by atoms with van der Waals surface area (Å²) < 4.78 is 11.2. The molecule has 1 aromatic carbocycles. The number of aryl methyl sites for hydroxylation is 3. The molecule has 2 aromatic heterocycles. The van der Waals surface area contributed by atoms with E-state index >= 15 is 0 Å². The highest BCUT2D eigenvalue weighted by Crippen LogP contribution is 2.30. The zero-order valence-corrected chi connectivity index (χ0v) is 18.3. The number of anilines is 1. The van der Waals surface area contributed by atoms with Crippen LogP contribution in [-0.4, -0.2) is 69.1 Å². The summed E-state index contributed by atoms with van der Waals surface area (Å²) in [7, 11) is 1.73. The molecule has 0 bridgehead atoms. The van der Waals surface area contributed by atoms with Crippen molar-refractivity contribution in [3.8, 4) is 28.7 Å². The lowest BCUT2D eigenvalue weighted by molar-refractivity contribution is -0.124. The molecule has 170 valence electrons. The Morgan fingerprint density at radius 1 is 1.16 bits per heavy atom. The molecule has 0 radical (unpaired) electrons. The van der Waals surface area contributed by atoms with Crippen molar-refractivity contribution in [2.75, 3.05) is 32.1 Å². The van der Waals surface area contributed by atoms with E-state index < -0.39 is 18.6 Å². The van der Waals surface area contributed by atoms with Gasteiger partial charge in [-0.2, -0.15) is 4.98 Å². The monoisotopic (exact) mass is 442 g/mol. The Kier molecular flexibility index (Phi) is 7.33. The molecular formula is C21H26N6O5. The van der Waals surface area contributed by atoms with Gasteiger partial charge in [0.2, 0.25) is 17.7 Å². The van der Waals surface area contributed by atoms with Crippen LogP contribution in [0.4, 0.5) is 5.95 Å². The molecule has 1 atom stereocenters. The van der Waals surface area contributed by atoms with Crippen molar-refractivity contribution in [2.24, 2.45) is 0 Å². The summed E-state index contributed by atoms with van der Waals surface area (Å²) >= 11 is 0. The summed E-state index contributed by atoms with van der Waals surface area (Å²) in [6.45, 7) is 4.95. The van der Waals surface area contributed by atoms with Gasteiger partial charge in [0.15, 0.2) is 0 Å². The number of aliphatic hydroxyl groups excluding tert-OH is 2. The maximum atomic E-state index is 11.1. The lowest BCUT2D eigenvalue weighted by Gasteiger charge is -2.16. The van der Waals surface area contributed by atoms with Crippen LogP contribution in [0.2, 0.25) is 0 Å². The molecule has 2 heterocycles. The molecule has 0 fully saturated rings. The lowest BCUT2D eigenvalue weighted by atomic mass is 10.1. The van der Waals surface area contributed by atoms with E-state index in [2.05, 4.69) is 30.7 Å². The minimum Gasteiger partial charge on any atom is -0.490 e. The van der Waals surface area contributed by atoms with Crippen molar-refractivity contribution in [3.05, 3.63) is 35.0 Å². The first-order valence-electron chi connectivity index (χ1n) is 9.98. The molecule has 11 nitrogen and oxygen atoms in total. The second-order valence-electron chi connectivity index (χ2n) is 7.26. The number of carbonyl (C=O) groups is 1. The summed E-state index contributed by atoms with van der Waals surface area (Å²) in [4.78, 5) is 24.1. The fourth-order valence-electron chi connectivity index (χ4n) is 3.07. The molecule has 3 rings (SSSR count). The van der Waals surface area contributed by atoms with Gasteiger partial charge in [0.25, 0.3) is 5.89 Å². The van der Waals surface area contributed by atoms with Crippen LogP contribution in [0, 0.1) is 20.8 Å². The maximum absolute atomic E-state index is 11.1. The van der Waals surface area contributed by atoms with Crippen LogP contribution >= 0.6 is 0 Å². The first-order valence-corrected chi connectivity index (χ1v) is 9.98. The number of ether oxygens (including phenoxy) is 1. The van der Waals surface area contributed by atoms with Crippen molar-refractivity contribution in [1.29, 1.82) is 0 Å². The number of hydrogen-bond donors (Lipinski definition) is 4. The molecule has 0 aliphatic carbocycles. The van der Waals surface area contributed by atoms with Crippen molar-refractivity contribution < 1.29 is 24.3 Å².